The molecule has 3 heteroatoms. The van der Waals surface area contributed by atoms with E-state index in [9.17, 15) is 5.11 Å². The van der Waals surface area contributed by atoms with Crippen molar-refractivity contribution in [2.45, 2.75) is 77.6 Å². The molecule has 130 valence electrons. The van der Waals surface area contributed by atoms with Crippen LogP contribution in [0.2, 0.25) is 0 Å². The summed E-state index contributed by atoms with van der Waals surface area (Å²) in [6.07, 6.45) is 16.8. The van der Waals surface area contributed by atoms with E-state index >= 15 is 0 Å². The molecule has 1 aliphatic rings. The number of aliphatic hydroxyl groups is 1. The fourth-order valence-electron chi connectivity index (χ4n) is 2.52. The van der Waals surface area contributed by atoms with Crippen molar-refractivity contribution < 1.29 is 14.6 Å². The lowest BCUT2D eigenvalue weighted by Gasteiger charge is -2.22. The van der Waals surface area contributed by atoms with Crippen molar-refractivity contribution >= 4 is 0 Å². The number of allylic oxidation sites excluding steroid dienone is 3. The third-order valence-corrected chi connectivity index (χ3v) is 4.11. The largest absolute Gasteiger partial charge is 0.392 e. The van der Waals surface area contributed by atoms with Gasteiger partial charge in [-0.1, -0.05) is 23.3 Å². The molecule has 1 saturated heterocycles. The van der Waals surface area contributed by atoms with Crippen molar-refractivity contribution in [3.8, 4) is 12.3 Å². The molecule has 1 aliphatic heterocycles. The van der Waals surface area contributed by atoms with E-state index < -0.39 is 0 Å². The molecule has 0 spiro atoms. The molecule has 1 heterocycles. The summed E-state index contributed by atoms with van der Waals surface area (Å²) in [5.41, 5.74) is 2.66. The molecule has 0 aromatic heterocycles. The van der Waals surface area contributed by atoms with Gasteiger partial charge in [-0.05, 0) is 58.8 Å². The zero-order valence-corrected chi connectivity index (χ0v) is 14.7. The van der Waals surface area contributed by atoms with Crippen LogP contribution in [0, 0.1) is 12.3 Å². The van der Waals surface area contributed by atoms with Gasteiger partial charge in [0, 0.05) is 13.0 Å². The van der Waals surface area contributed by atoms with E-state index in [4.69, 9.17) is 15.9 Å². The van der Waals surface area contributed by atoms with Gasteiger partial charge in [0.1, 0.15) is 0 Å². The minimum atomic E-state index is -0.371. The summed E-state index contributed by atoms with van der Waals surface area (Å²) in [7, 11) is 0. The lowest BCUT2D eigenvalue weighted by molar-refractivity contribution is -0.155. The standard InChI is InChI=1S/C20H32O3/c1-4-8-19(21)13-12-17(2)9-7-10-18(3)14-16-23-20-11-5-6-15-22-20/h1,9,14,19-21H,5-8,10-13,15-16H2,2-3H3. The predicted molar refractivity (Wildman–Crippen MR) is 95.0 cm³/mol. The van der Waals surface area contributed by atoms with Crippen molar-refractivity contribution in [3.63, 3.8) is 0 Å². The predicted octanol–water partition coefficient (Wildman–Crippen LogP) is 4.37. The summed E-state index contributed by atoms with van der Waals surface area (Å²) < 4.78 is 11.3. The number of rotatable bonds is 10. The normalized spacial score (nSPS) is 21.0. The highest BCUT2D eigenvalue weighted by atomic mass is 16.7. The molecule has 0 amide bonds. The molecule has 3 nitrogen and oxygen atoms in total. The van der Waals surface area contributed by atoms with Gasteiger partial charge in [0.15, 0.2) is 6.29 Å². The molecule has 0 bridgehead atoms. The van der Waals surface area contributed by atoms with Gasteiger partial charge in [-0.3, -0.25) is 0 Å². The van der Waals surface area contributed by atoms with Gasteiger partial charge in [-0.2, -0.15) is 0 Å². The Labute approximate surface area is 141 Å². The summed E-state index contributed by atoms with van der Waals surface area (Å²) in [4.78, 5) is 0. The van der Waals surface area contributed by atoms with Crippen molar-refractivity contribution in [1.29, 1.82) is 0 Å². The lowest BCUT2D eigenvalue weighted by Crippen LogP contribution is -2.22. The minimum absolute atomic E-state index is 0.00983. The van der Waals surface area contributed by atoms with Crippen molar-refractivity contribution in [2.75, 3.05) is 13.2 Å². The monoisotopic (exact) mass is 320 g/mol. The molecule has 23 heavy (non-hydrogen) atoms. The average molecular weight is 320 g/mol. The van der Waals surface area contributed by atoms with Gasteiger partial charge in [-0.25, -0.2) is 0 Å². The topological polar surface area (TPSA) is 38.7 Å². The maximum absolute atomic E-state index is 9.61. The van der Waals surface area contributed by atoms with Gasteiger partial charge < -0.3 is 14.6 Å². The number of ether oxygens (including phenoxy) is 2. The fourth-order valence-corrected chi connectivity index (χ4v) is 2.52. The quantitative estimate of drug-likeness (QED) is 0.480. The van der Waals surface area contributed by atoms with E-state index in [2.05, 4.69) is 31.9 Å². The zero-order valence-electron chi connectivity index (χ0n) is 14.7. The molecular weight excluding hydrogens is 288 g/mol. The zero-order chi connectivity index (χ0) is 16.9. The molecule has 0 saturated carbocycles. The van der Waals surface area contributed by atoms with Crippen LogP contribution >= 0.6 is 0 Å². The van der Waals surface area contributed by atoms with Crippen LogP contribution in [0.4, 0.5) is 0 Å². The maximum Gasteiger partial charge on any atom is 0.157 e. The third-order valence-electron chi connectivity index (χ3n) is 4.11. The third kappa shape index (κ3) is 10.3. The number of aliphatic hydroxyl groups excluding tert-OH is 1. The van der Waals surface area contributed by atoms with E-state index in [1.807, 2.05) is 0 Å². The number of hydrogen-bond donors (Lipinski definition) is 1. The van der Waals surface area contributed by atoms with E-state index in [1.165, 1.54) is 17.6 Å². The van der Waals surface area contributed by atoms with Crippen LogP contribution in [0.3, 0.4) is 0 Å². The van der Waals surface area contributed by atoms with E-state index in [0.29, 0.717) is 13.0 Å². The molecule has 1 N–H and O–H groups in total. The second-order valence-corrected chi connectivity index (χ2v) is 6.37. The Bertz CT molecular complexity index is 411. The first-order valence-corrected chi connectivity index (χ1v) is 8.77. The highest BCUT2D eigenvalue weighted by Gasteiger charge is 2.12. The summed E-state index contributed by atoms with van der Waals surface area (Å²) in [6.45, 7) is 5.72. The van der Waals surface area contributed by atoms with E-state index in [0.717, 1.165) is 45.1 Å². The number of terminal acetylenes is 1. The van der Waals surface area contributed by atoms with Crippen LogP contribution in [-0.4, -0.2) is 30.7 Å². The van der Waals surface area contributed by atoms with Gasteiger partial charge in [0.05, 0.1) is 12.7 Å². The van der Waals surface area contributed by atoms with E-state index in [1.54, 1.807) is 0 Å². The SMILES string of the molecule is C#CCC(O)CCC(C)=CCCC(C)=CCOC1CCCCO1. The van der Waals surface area contributed by atoms with Gasteiger partial charge in [-0.15, -0.1) is 12.3 Å². The van der Waals surface area contributed by atoms with Crippen LogP contribution in [-0.2, 0) is 9.47 Å². The van der Waals surface area contributed by atoms with Crippen molar-refractivity contribution in [3.05, 3.63) is 23.3 Å². The molecule has 1 fully saturated rings. The first kappa shape index (κ1) is 20.0. The Kier molecular flexibility index (Phi) is 10.7. The van der Waals surface area contributed by atoms with E-state index in [-0.39, 0.29) is 12.4 Å². The molecule has 0 aromatic carbocycles. The molecule has 0 aliphatic carbocycles. The summed E-state index contributed by atoms with van der Waals surface area (Å²) in [5, 5.41) is 9.61. The Hall–Kier alpha value is -1.08. The Morgan fingerprint density at radius 3 is 2.78 bits per heavy atom. The summed E-state index contributed by atoms with van der Waals surface area (Å²) >= 11 is 0. The molecular formula is C20H32O3. The second kappa shape index (κ2) is 12.4. The van der Waals surface area contributed by atoms with Gasteiger partial charge >= 0.3 is 0 Å². The first-order chi connectivity index (χ1) is 11.1. The van der Waals surface area contributed by atoms with Crippen LogP contribution in [0.15, 0.2) is 23.3 Å². The van der Waals surface area contributed by atoms with Crippen molar-refractivity contribution in [2.24, 2.45) is 0 Å². The summed E-state index contributed by atoms with van der Waals surface area (Å²) in [5.74, 6) is 2.49. The fraction of sp³-hybridized carbons (Fsp3) is 0.700. The average Bonchev–Trinajstić information content (AvgIpc) is 2.54. The first-order valence-electron chi connectivity index (χ1n) is 8.77. The molecule has 2 unspecified atom stereocenters. The molecule has 2 atom stereocenters. The van der Waals surface area contributed by atoms with Crippen LogP contribution in [0.25, 0.3) is 0 Å². The van der Waals surface area contributed by atoms with Crippen molar-refractivity contribution in [1.82, 2.24) is 0 Å². The Balaban J connectivity index is 2.13. The Morgan fingerprint density at radius 1 is 1.30 bits per heavy atom. The van der Waals surface area contributed by atoms with Crippen LogP contribution < -0.4 is 0 Å². The highest BCUT2D eigenvalue weighted by molar-refractivity contribution is 5.04. The number of hydrogen-bond acceptors (Lipinski definition) is 3. The molecule has 1 rings (SSSR count). The maximum atomic E-state index is 9.61. The van der Waals surface area contributed by atoms with Crippen LogP contribution in [0.1, 0.15) is 65.2 Å². The van der Waals surface area contributed by atoms with Gasteiger partial charge in [0.25, 0.3) is 0 Å². The van der Waals surface area contributed by atoms with Gasteiger partial charge in [0.2, 0.25) is 0 Å². The molecule has 0 radical (unpaired) electrons. The van der Waals surface area contributed by atoms with Crippen LogP contribution in [0.5, 0.6) is 0 Å². The second-order valence-electron chi connectivity index (χ2n) is 6.37. The highest BCUT2D eigenvalue weighted by Crippen LogP contribution is 2.15. The smallest absolute Gasteiger partial charge is 0.157 e. The Morgan fingerprint density at radius 2 is 2.09 bits per heavy atom. The lowest BCUT2D eigenvalue weighted by atomic mass is 10.0. The minimum Gasteiger partial charge on any atom is -0.392 e. The summed E-state index contributed by atoms with van der Waals surface area (Å²) in [6, 6.07) is 0. The molecule has 0 aromatic rings.